The molecule has 0 saturated carbocycles. The maximum Gasteiger partial charge on any atom is 0.381 e. The van der Waals surface area contributed by atoms with Gasteiger partial charge >= 0.3 is 11.8 Å². The SMILES string of the molecule is CC(=O)N(CC(=O)O)C1CCCN(C(=O)CCn2cc([N+](=O)[O-])nc2C)CC1. The van der Waals surface area contributed by atoms with Crippen LogP contribution in [0.1, 0.15) is 38.4 Å². The molecule has 1 N–H and O–H groups in total. The van der Waals surface area contributed by atoms with Crippen LogP contribution >= 0.6 is 0 Å². The van der Waals surface area contributed by atoms with E-state index in [1.165, 1.54) is 18.0 Å². The Bertz CT molecular complexity index is 761. The lowest BCUT2D eigenvalue weighted by molar-refractivity contribution is -0.389. The molecule has 0 radical (unpaired) electrons. The van der Waals surface area contributed by atoms with Gasteiger partial charge in [-0.25, -0.2) is 0 Å². The Kier molecular flexibility index (Phi) is 7.07. The van der Waals surface area contributed by atoms with Crippen LogP contribution in [0.25, 0.3) is 0 Å². The van der Waals surface area contributed by atoms with Gasteiger partial charge in [0.1, 0.15) is 12.7 Å². The highest BCUT2D eigenvalue weighted by Gasteiger charge is 2.27. The van der Waals surface area contributed by atoms with Crippen molar-refractivity contribution in [1.29, 1.82) is 0 Å². The van der Waals surface area contributed by atoms with Gasteiger partial charge in [-0.05, 0) is 29.2 Å². The number of carbonyl (C=O) groups excluding carboxylic acids is 2. The number of aryl methyl sites for hydroxylation is 2. The molecular weight excluding hydrogens is 370 g/mol. The van der Waals surface area contributed by atoms with Gasteiger partial charge in [-0.2, -0.15) is 0 Å². The third-order valence-electron chi connectivity index (χ3n) is 4.92. The number of amides is 2. The van der Waals surface area contributed by atoms with Crippen LogP contribution in [0, 0.1) is 17.0 Å². The van der Waals surface area contributed by atoms with Gasteiger partial charge in [0.05, 0.1) is 0 Å². The predicted molar refractivity (Wildman–Crippen MR) is 97.5 cm³/mol. The van der Waals surface area contributed by atoms with Crippen molar-refractivity contribution in [3.63, 3.8) is 0 Å². The minimum Gasteiger partial charge on any atom is -0.480 e. The molecular formula is C17H25N5O6. The standard InChI is InChI=1S/C17H25N5O6/c1-12-18-15(22(27)28)10-20(12)9-6-16(24)19-7-3-4-14(5-8-19)21(13(2)23)11-17(25)26/h10,14H,3-9,11H2,1-2H3,(H,25,26). The molecule has 2 amide bonds. The molecule has 1 saturated heterocycles. The average Bonchev–Trinajstić information content (AvgIpc) is 2.83. The van der Waals surface area contributed by atoms with E-state index in [1.54, 1.807) is 16.4 Å². The second-order valence-corrected chi connectivity index (χ2v) is 6.85. The molecule has 0 aliphatic carbocycles. The molecule has 0 aromatic carbocycles. The number of carbonyl (C=O) groups is 3. The third kappa shape index (κ3) is 5.51. The van der Waals surface area contributed by atoms with Crippen LogP contribution in [0.15, 0.2) is 6.20 Å². The molecule has 1 aromatic heterocycles. The van der Waals surface area contributed by atoms with E-state index in [-0.39, 0.29) is 36.6 Å². The lowest BCUT2D eigenvalue weighted by atomic mass is 10.1. The summed E-state index contributed by atoms with van der Waals surface area (Å²) >= 11 is 0. The summed E-state index contributed by atoms with van der Waals surface area (Å²) in [5.74, 6) is -1.20. The first-order chi connectivity index (χ1) is 13.2. The normalized spacial score (nSPS) is 17.1. The summed E-state index contributed by atoms with van der Waals surface area (Å²) in [6.07, 6.45) is 3.34. The van der Waals surface area contributed by atoms with Crippen molar-refractivity contribution in [3.8, 4) is 0 Å². The Morgan fingerprint density at radius 1 is 1.36 bits per heavy atom. The van der Waals surface area contributed by atoms with E-state index in [9.17, 15) is 24.5 Å². The minimum absolute atomic E-state index is 0.0796. The van der Waals surface area contributed by atoms with Crippen molar-refractivity contribution in [3.05, 3.63) is 22.1 Å². The maximum atomic E-state index is 12.5. The smallest absolute Gasteiger partial charge is 0.381 e. The topological polar surface area (TPSA) is 139 Å². The van der Waals surface area contributed by atoms with Gasteiger partial charge in [-0.3, -0.25) is 14.4 Å². The summed E-state index contributed by atoms with van der Waals surface area (Å²) < 4.78 is 1.58. The van der Waals surface area contributed by atoms with Crippen molar-refractivity contribution in [1.82, 2.24) is 19.4 Å². The third-order valence-corrected chi connectivity index (χ3v) is 4.92. The van der Waals surface area contributed by atoms with Crippen molar-refractivity contribution >= 4 is 23.6 Å². The van der Waals surface area contributed by atoms with Gasteiger partial charge in [0, 0.05) is 45.9 Å². The van der Waals surface area contributed by atoms with Crippen LogP contribution < -0.4 is 0 Å². The van der Waals surface area contributed by atoms with Crippen LogP contribution in [0.5, 0.6) is 0 Å². The van der Waals surface area contributed by atoms with Gasteiger partial charge in [0.2, 0.25) is 17.6 Å². The van der Waals surface area contributed by atoms with E-state index in [4.69, 9.17) is 5.11 Å². The summed E-state index contributed by atoms with van der Waals surface area (Å²) in [6, 6.07) is -0.204. The average molecular weight is 395 g/mol. The summed E-state index contributed by atoms with van der Waals surface area (Å²) in [4.78, 5) is 52.4. The Labute approximate surface area is 162 Å². The highest BCUT2D eigenvalue weighted by Crippen LogP contribution is 2.18. The monoisotopic (exact) mass is 395 g/mol. The minimum atomic E-state index is -1.06. The molecule has 154 valence electrons. The van der Waals surface area contributed by atoms with E-state index >= 15 is 0 Å². The van der Waals surface area contributed by atoms with Crippen LogP contribution in [-0.4, -0.2) is 72.8 Å². The Balaban J connectivity index is 1.92. The van der Waals surface area contributed by atoms with Crippen LogP contribution in [0.3, 0.4) is 0 Å². The number of hydrogen-bond donors (Lipinski definition) is 1. The number of imidazole rings is 1. The second-order valence-electron chi connectivity index (χ2n) is 6.85. The number of carboxylic acid groups (broad SMARTS) is 1. The Hall–Kier alpha value is -2.98. The second kappa shape index (κ2) is 9.29. The highest BCUT2D eigenvalue weighted by atomic mass is 16.6. The number of carboxylic acids is 1. The predicted octanol–water partition coefficient (Wildman–Crippen LogP) is 0.804. The summed E-state index contributed by atoms with van der Waals surface area (Å²) in [5.41, 5.74) is 0. The Morgan fingerprint density at radius 2 is 2.07 bits per heavy atom. The zero-order valence-electron chi connectivity index (χ0n) is 16.0. The van der Waals surface area contributed by atoms with Gasteiger partial charge in [0.15, 0.2) is 0 Å². The fraction of sp³-hybridized carbons (Fsp3) is 0.647. The molecule has 28 heavy (non-hydrogen) atoms. The summed E-state index contributed by atoms with van der Waals surface area (Å²) in [7, 11) is 0. The van der Waals surface area contributed by atoms with Crippen LogP contribution in [-0.2, 0) is 20.9 Å². The number of nitrogens with zero attached hydrogens (tertiary/aromatic N) is 5. The van der Waals surface area contributed by atoms with Crippen LogP contribution in [0.4, 0.5) is 5.82 Å². The number of nitro groups is 1. The molecule has 0 bridgehead atoms. The van der Waals surface area contributed by atoms with E-state index < -0.39 is 10.9 Å². The maximum absolute atomic E-state index is 12.5. The molecule has 1 aromatic rings. The first-order valence-electron chi connectivity index (χ1n) is 9.14. The summed E-state index contributed by atoms with van der Waals surface area (Å²) in [5, 5.41) is 19.8. The molecule has 2 rings (SSSR count). The number of aliphatic carboxylic acids is 1. The molecule has 1 fully saturated rings. The van der Waals surface area contributed by atoms with Crippen molar-refractivity contribution in [2.24, 2.45) is 0 Å². The van der Waals surface area contributed by atoms with E-state index in [0.717, 1.165) is 0 Å². The first-order valence-corrected chi connectivity index (χ1v) is 9.14. The van der Waals surface area contributed by atoms with Gasteiger partial charge < -0.3 is 29.6 Å². The highest BCUT2D eigenvalue weighted by molar-refractivity contribution is 5.80. The lowest BCUT2D eigenvalue weighted by Gasteiger charge is -2.28. The first kappa shape index (κ1) is 21.3. The van der Waals surface area contributed by atoms with Crippen molar-refractivity contribution in [2.75, 3.05) is 19.6 Å². The largest absolute Gasteiger partial charge is 0.480 e. The molecule has 1 atom stereocenters. The molecule has 0 spiro atoms. The van der Waals surface area contributed by atoms with Gasteiger partial charge in [-0.1, -0.05) is 0 Å². The van der Waals surface area contributed by atoms with Gasteiger partial charge in [0.25, 0.3) is 0 Å². The Morgan fingerprint density at radius 3 is 2.64 bits per heavy atom. The molecule has 1 unspecified atom stereocenters. The number of hydrogen-bond acceptors (Lipinski definition) is 6. The van der Waals surface area contributed by atoms with Crippen molar-refractivity contribution in [2.45, 2.75) is 52.1 Å². The fourth-order valence-electron chi connectivity index (χ4n) is 3.46. The zero-order chi connectivity index (χ0) is 20.8. The quantitative estimate of drug-likeness (QED) is 0.532. The molecule has 1 aliphatic rings. The zero-order valence-corrected chi connectivity index (χ0v) is 16.0. The van der Waals surface area contributed by atoms with E-state index in [2.05, 4.69) is 4.98 Å². The summed E-state index contributed by atoms with van der Waals surface area (Å²) in [6.45, 7) is 3.93. The molecule has 2 heterocycles. The molecule has 1 aliphatic heterocycles. The lowest BCUT2D eigenvalue weighted by Crippen LogP contribution is -2.43. The number of likely N-dealkylation sites (tertiary alicyclic amines) is 1. The van der Waals surface area contributed by atoms with Crippen molar-refractivity contribution < 1.29 is 24.4 Å². The molecule has 11 heteroatoms. The molecule has 11 nitrogen and oxygen atoms in total. The number of aromatic nitrogens is 2. The number of rotatable bonds is 7. The van der Waals surface area contributed by atoms with E-state index in [0.29, 0.717) is 44.7 Å². The fourth-order valence-corrected chi connectivity index (χ4v) is 3.46. The van der Waals surface area contributed by atoms with Gasteiger partial charge in [-0.15, -0.1) is 0 Å². The van der Waals surface area contributed by atoms with E-state index in [1.807, 2.05) is 0 Å². The van der Waals surface area contributed by atoms with Crippen LogP contribution in [0.2, 0.25) is 0 Å².